The summed E-state index contributed by atoms with van der Waals surface area (Å²) < 4.78 is 4.32. The second kappa shape index (κ2) is 5.35. The molecule has 1 atom stereocenters. The van der Waals surface area contributed by atoms with E-state index in [9.17, 15) is 0 Å². The Morgan fingerprint density at radius 1 is 1.28 bits per heavy atom. The maximum absolute atomic E-state index is 5.78. The molecule has 96 valence electrons. The molecule has 0 aliphatic carbocycles. The molecule has 18 heavy (non-hydrogen) atoms. The van der Waals surface area contributed by atoms with Crippen LogP contribution in [0.25, 0.3) is 0 Å². The first-order chi connectivity index (χ1) is 8.56. The molecule has 0 saturated heterocycles. The van der Waals surface area contributed by atoms with Crippen molar-refractivity contribution in [2.75, 3.05) is 11.1 Å². The van der Waals surface area contributed by atoms with E-state index >= 15 is 0 Å². The summed E-state index contributed by atoms with van der Waals surface area (Å²) in [5, 5.41) is 4.21. The topological polar surface area (TPSA) is 63.8 Å². The maximum Gasteiger partial charge on any atom is 0.203 e. The predicted octanol–water partition coefficient (Wildman–Crippen LogP) is 3.42. The second-order valence-electron chi connectivity index (χ2n) is 4.65. The van der Waals surface area contributed by atoms with Crippen LogP contribution in [0.4, 0.5) is 10.8 Å². The monoisotopic (exact) mass is 262 g/mol. The van der Waals surface area contributed by atoms with Gasteiger partial charge in [-0.15, -0.1) is 0 Å². The fourth-order valence-electron chi connectivity index (χ4n) is 1.62. The van der Waals surface area contributed by atoms with Crippen LogP contribution in [-0.4, -0.2) is 9.36 Å². The van der Waals surface area contributed by atoms with Crippen molar-refractivity contribution < 1.29 is 0 Å². The van der Waals surface area contributed by atoms with Gasteiger partial charge in [0.05, 0.1) is 6.04 Å². The molecule has 1 aromatic carbocycles. The molecule has 1 aromatic heterocycles. The highest BCUT2D eigenvalue weighted by Crippen LogP contribution is 2.23. The molecule has 2 aromatic rings. The number of nitrogens with two attached hydrogens (primary N) is 1. The molecule has 1 unspecified atom stereocenters. The van der Waals surface area contributed by atoms with Crippen LogP contribution in [0.3, 0.4) is 0 Å². The van der Waals surface area contributed by atoms with Gasteiger partial charge in [0, 0.05) is 23.1 Å². The van der Waals surface area contributed by atoms with Gasteiger partial charge in [-0.05, 0) is 24.6 Å². The Labute approximate surface area is 111 Å². The fourth-order valence-corrected chi connectivity index (χ4v) is 2.42. The average molecular weight is 262 g/mol. The van der Waals surface area contributed by atoms with E-state index in [1.807, 2.05) is 18.2 Å². The van der Waals surface area contributed by atoms with Crippen molar-refractivity contribution in [2.24, 2.45) is 0 Å². The normalized spacial score (nSPS) is 12.7. The standard InChI is InChI=1S/C13H18N4S/c1-8(2)12-16-13(18-17-12)15-9(3)10-5-4-6-11(14)7-10/h4-9H,14H2,1-3H3,(H,15,16,17). The van der Waals surface area contributed by atoms with Gasteiger partial charge in [0.1, 0.15) is 5.82 Å². The van der Waals surface area contributed by atoms with E-state index in [-0.39, 0.29) is 6.04 Å². The molecule has 4 nitrogen and oxygen atoms in total. The van der Waals surface area contributed by atoms with Crippen molar-refractivity contribution in [1.29, 1.82) is 0 Å². The summed E-state index contributed by atoms with van der Waals surface area (Å²) >= 11 is 1.40. The van der Waals surface area contributed by atoms with Crippen molar-refractivity contribution in [3.8, 4) is 0 Å². The predicted molar refractivity (Wildman–Crippen MR) is 76.9 cm³/mol. The molecular weight excluding hydrogens is 244 g/mol. The van der Waals surface area contributed by atoms with E-state index in [0.717, 1.165) is 22.2 Å². The van der Waals surface area contributed by atoms with Crippen LogP contribution in [0.15, 0.2) is 24.3 Å². The Hall–Kier alpha value is -1.62. The smallest absolute Gasteiger partial charge is 0.203 e. The van der Waals surface area contributed by atoms with Crippen LogP contribution in [0, 0.1) is 0 Å². The summed E-state index contributed by atoms with van der Waals surface area (Å²) in [6.45, 7) is 6.27. The average Bonchev–Trinajstić information content (AvgIpc) is 2.77. The number of nitrogen functional groups attached to an aromatic ring is 1. The van der Waals surface area contributed by atoms with E-state index in [1.54, 1.807) is 0 Å². The first-order valence-electron chi connectivity index (χ1n) is 6.02. The van der Waals surface area contributed by atoms with E-state index in [2.05, 4.69) is 41.5 Å². The SMILES string of the molecule is CC(C)c1nsc(NC(C)c2cccc(N)c2)n1. The lowest BCUT2D eigenvalue weighted by molar-refractivity contribution is 0.795. The van der Waals surface area contributed by atoms with E-state index in [4.69, 9.17) is 5.73 Å². The van der Waals surface area contributed by atoms with Gasteiger partial charge in [-0.2, -0.15) is 4.37 Å². The highest BCUT2D eigenvalue weighted by atomic mass is 32.1. The lowest BCUT2D eigenvalue weighted by Crippen LogP contribution is -2.07. The molecule has 0 saturated carbocycles. The van der Waals surface area contributed by atoms with Gasteiger partial charge < -0.3 is 11.1 Å². The Morgan fingerprint density at radius 2 is 2.06 bits per heavy atom. The third-order valence-corrected chi connectivity index (χ3v) is 3.37. The zero-order valence-corrected chi connectivity index (χ0v) is 11.7. The zero-order valence-electron chi connectivity index (χ0n) is 10.8. The minimum Gasteiger partial charge on any atom is -0.399 e. The number of nitrogens with zero attached hydrogens (tertiary/aromatic N) is 2. The van der Waals surface area contributed by atoms with Crippen molar-refractivity contribution in [3.05, 3.63) is 35.7 Å². The molecule has 2 rings (SSSR count). The molecule has 1 heterocycles. The number of benzene rings is 1. The minimum atomic E-state index is 0.168. The highest BCUT2D eigenvalue weighted by molar-refractivity contribution is 7.09. The van der Waals surface area contributed by atoms with Gasteiger partial charge in [-0.3, -0.25) is 0 Å². The summed E-state index contributed by atoms with van der Waals surface area (Å²) in [4.78, 5) is 4.46. The molecule has 0 spiro atoms. The maximum atomic E-state index is 5.78. The van der Waals surface area contributed by atoms with Crippen molar-refractivity contribution in [1.82, 2.24) is 9.36 Å². The van der Waals surface area contributed by atoms with Crippen LogP contribution in [-0.2, 0) is 0 Å². The Bertz CT molecular complexity index is 521. The van der Waals surface area contributed by atoms with Crippen molar-refractivity contribution >= 4 is 22.4 Å². The molecule has 0 aliphatic heterocycles. The fraction of sp³-hybridized carbons (Fsp3) is 0.385. The van der Waals surface area contributed by atoms with Gasteiger partial charge in [0.15, 0.2) is 0 Å². The van der Waals surface area contributed by atoms with Crippen LogP contribution >= 0.6 is 11.5 Å². The zero-order chi connectivity index (χ0) is 13.1. The molecular formula is C13H18N4S. The van der Waals surface area contributed by atoms with Crippen LogP contribution < -0.4 is 11.1 Å². The lowest BCUT2D eigenvalue weighted by Gasteiger charge is -2.13. The van der Waals surface area contributed by atoms with E-state index < -0.39 is 0 Å². The van der Waals surface area contributed by atoms with Gasteiger partial charge in [-0.25, -0.2) is 4.98 Å². The number of hydrogen-bond acceptors (Lipinski definition) is 5. The van der Waals surface area contributed by atoms with E-state index in [0.29, 0.717) is 5.92 Å². The minimum absolute atomic E-state index is 0.168. The van der Waals surface area contributed by atoms with Crippen molar-refractivity contribution in [3.63, 3.8) is 0 Å². The highest BCUT2D eigenvalue weighted by Gasteiger charge is 2.11. The summed E-state index contributed by atoms with van der Waals surface area (Å²) in [7, 11) is 0. The molecule has 0 amide bonds. The number of hydrogen-bond donors (Lipinski definition) is 2. The first-order valence-corrected chi connectivity index (χ1v) is 6.79. The number of anilines is 2. The Morgan fingerprint density at radius 3 is 2.67 bits per heavy atom. The quantitative estimate of drug-likeness (QED) is 0.829. The van der Waals surface area contributed by atoms with Gasteiger partial charge >= 0.3 is 0 Å². The molecule has 5 heteroatoms. The van der Waals surface area contributed by atoms with Crippen LogP contribution in [0.2, 0.25) is 0 Å². The van der Waals surface area contributed by atoms with E-state index in [1.165, 1.54) is 11.5 Å². The molecule has 3 N–H and O–H groups in total. The Kier molecular flexibility index (Phi) is 3.81. The van der Waals surface area contributed by atoms with Gasteiger partial charge in [0.25, 0.3) is 0 Å². The summed E-state index contributed by atoms with van der Waals surface area (Å²) in [6.07, 6.45) is 0. The summed E-state index contributed by atoms with van der Waals surface area (Å²) in [5.41, 5.74) is 7.71. The second-order valence-corrected chi connectivity index (χ2v) is 5.40. The molecule has 0 bridgehead atoms. The number of rotatable bonds is 4. The number of aromatic nitrogens is 2. The molecule has 0 fully saturated rings. The lowest BCUT2D eigenvalue weighted by atomic mass is 10.1. The van der Waals surface area contributed by atoms with Gasteiger partial charge in [-0.1, -0.05) is 26.0 Å². The molecule has 0 radical (unpaired) electrons. The number of nitrogens with one attached hydrogen (secondary N) is 1. The van der Waals surface area contributed by atoms with Crippen LogP contribution in [0.1, 0.15) is 44.1 Å². The largest absolute Gasteiger partial charge is 0.399 e. The van der Waals surface area contributed by atoms with Gasteiger partial charge in [0.2, 0.25) is 5.13 Å². The summed E-state index contributed by atoms with van der Waals surface area (Å²) in [6, 6.07) is 8.04. The first kappa shape index (κ1) is 12.8. The Balaban J connectivity index is 2.08. The molecule has 0 aliphatic rings. The third kappa shape index (κ3) is 2.98. The third-order valence-electron chi connectivity index (χ3n) is 2.71. The van der Waals surface area contributed by atoms with Crippen molar-refractivity contribution in [2.45, 2.75) is 32.7 Å². The van der Waals surface area contributed by atoms with Crippen LogP contribution in [0.5, 0.6) is 0 Å². The summed E-state index contributed by atoms with van der Waals surface area (Å²) in [5.74, 6) is 1.25.